The highest BCUT2D eigenvalue weighted by Crippen LogP contribution is 2.49. The van der Waals surface area contributed by atoms with Crippen LogP contribution in [0.5, 0.6) is 0 Å². The van der Waals surface area contributed by atoms with Gasteiger partial charge in [0, 0.05) is 10.7 Å². The molecule has 1 aliphatic carbocycles. The average Bonchev–Trinajstić information content (AvgIpc) is 3.42. The van der Waals surface area contributed by atoms with Gasteiger partial charge in [0.2, 0.25) is 9.05 Å². The first kappa shape index (κ1) is 19.4. The minimum atomic E-state index is -3.61. The molecule has 0 amide bonds. The summed E-state index contributed by atoms with van der Waals surface area (Å²) in [5.74, 6) is 0. The Labute approximate surface area is 159 Å². The molecule has 6 heteroatoms. The molecule has 0 saturated heterocycles. The van der Waals surface area contributed by atoms with E-state index in [1.54, 1.807) is 0 Å². The highest BCUT2D eigenvalue weighted by atomic mass is 35.7. The van der Waals surface area contributed by atoms with Crippen molar-refractivity contribution in [2.45, 2.75) is 43.3 Å². The molecule has 140 valence electrons. The van der Waals surface area contributed by atoms with Crippen molar-refractivity contribution >= 4 is 19.7 Å². The number of rotatable bonds is 10. The van der Waals surface area contributed by atoms with E-state index in [1.807, 2.05) is 60.7 Å². The molecule has 0 aliphatic heterocycles. The minimum Gasteiger partial charge on any atom is -0.374 e. The van der Waals surface area contributed by atoms with Crippen LogP contribution in [-0.2, 0) is 31.7 Å². The van der Waals surface area contributed by atoms with E-state index in [9.17, 15) is 8.42 Å². The maximum absolute atomic E-state index is 11.9. The first-order chi connectivity index (χ1) is 12.5. The Morgan fingerprint density at radius 3 is 1.96 bits per heavy atom. The SMILES string of the molecule is O=S(=O)(Cl)C1(CC(COCc2ccccc2)OCc2ccccc2)CC1. The molecule has 0 N–H and O–H groups in total. The normalized spacial score (nSPS) is 17.0. The first-order valence-corrected chi connectivity index (χ1v) is 11.0. The van der Waals surface area contributed by atoms with Crippen LogP contribution < -0.4 is 0 Å². The van der Waals surface area contributed by atoms with Crippen LogP contribution in [0.2, 0.25) is 0 Å². The van der Waals surface area contributed by atoms with Gasteiger partial charge in [-0.3, -0.25) is 0 Å². The van der Waals surface area contributed by atoms with E-state index in [-0.39, 0.29) is 6.10 Å². The lowest BCUT2D eigenvalue weighted by Crippen LogP contribution is -2.30. The number of halogens is 1. The van der Waals surface area contributed by atoms with Gasteiger partial charge in [-0.1, -0.05) is 60.7 Å². The predicted octanol–water partition coefficient (Wildman–Crippen LogP) is 4.28. The van der Waals surface area contributed by atoms with E-state index < -0.39 is 13.8 Å². The second-order valence-electron chi connectivity index (χ2n) is 6.74. The monoisotopic (exact) mass is 394 g/mol. The Kier molecular flexibility index (Phi) is 6.35. The van der Waals surface area contributed by atoms with Gasteiger partial charge in [-0.25, -0.2) is 8.42 Å². The van der Waals surface area contributed by atoms with Crippen LogP contribution in [0.4, 0.5) is 0 Å². The van der Waals surface area contributed by atoms with Gasteiger partial charge < -0.3 is 9.47 Å². The Hall–Kier alpha value is -1.40. The maximum Gasteiger partial charge on any atom is 0.238 e. The van der Waals surface area contributed by atoms with Gasteiger partial charge in [0.05, 0.1) is 30.7 Å². The molecule has 3 rings (SSSR count). The molecular weight excluding hydrogens is 372 g/mol. The standard InChI is InChI=1S/C20H23ClO4S/c21-26(22,23)20(11-12-20)13-19(25-15-18-9-5-2-6-10-18)16-24-14-17-7-3-1-4-8-17/h1-10,19H,11-16H2. The predicted molar refractivity (Wildman–Crippen MR) is 102 cm³/mol. The Morgan fingerprint density at radius 1 is 0.923 bits per heavy atom. The van der Waals surface area contributed by atoms with E-state index in [4.69, 9.17) is 20.2 Å². The molecule has 0 heterocycles. The zero-order chi connectivity index (χ0) is 18.5. The third kappa shape index (κ3) is 5.30. The van der Waals surface area contributed by atoms with Gasteiger partial charge in [-0.2, -0.15) is 0 Å². The topological polar surface area (TPSA) is 52.6 Å². The molecule has 4 nitrogen and oxygen atoms in total. The summed E-state index contributed by atoms with van der Waals surface area (Å²) in [5.41, 5.74) is 2.11. The van der Waals surface area contributed by atoms with Crippen LogP contribution in [-0.4, -0.2) is 25.9 Å². The van der Waals surface area contributed by atoms with E-state index in [0.717, 1.165) is 11.1 Å². The van der Waals surface area contributed by atoms with Crippen LogP contribution in [0.25, 0.3) is 0 Å². The summed E-state index contributed by atoms with van der Waals surface area (Å²) in [4.78, 5) is 0. The molecule has 0 bridgehead atoms. The van der Waals surface area contributed by atoms with Gasteiger partial charge >= 0.3 is 0 Å². The molecule has 2 aromatic rings. The molecule has 1 atom stereocenters. The van der Waals surface area contributed by atoms with Crippen molar-refractivity contribution in [2.75, 3.05) is 6.61 Å². The Balaban J connectivity index is 1.59. The lowest BCUT2D eigenvalue weighted by Gasteiger charge is -2.22. The molecular formula is C20H23ClO4S. The van der Waals surface area contributed by atoms with Crippen LogP contribution >= 0.6 is 10.7 Å². The average molecular weight is 395 g/mol. The van der Waals surface area contributed by atoms with E-state index >= 15 is 0 Å². The third-order valence-electron chi connectivity index (χ3n) is 4.67. The summed E-state index contributed by atoms with van der Waals surface area (Å²) in [5, 5.41) is 0. The first-order valence-electron chi connectivity index (χ1n) is 8.70. The van der Waals surface area contributed by atoms with Crippen molar-refractivity contribution in [3.05, 3.63) is 71.8 Å². The van der Waals surface area contributed by atoms with Gasteiger partial charge in [-0.05, 0) is 30.4 Å². The highest BCUT2D eigenvalue weighted by Gasteiger charge is 2.54. The minimum absolute atomic E-state index is 0.324. The fourth-order valence-corrected chi connectivity index (χ4v) is 4.57. The lowest BCUT2D eigenvalue weighted by atomic mass is 10.1. The second kappa shape index (κ2) is 8.53. The van der Waals surface area contributed by atoms with E-state index in [0.29, 0.717) is 39.1 Å². The van der Waals surface area contributed by atoms with Crippen molar-refractivity contribution in [3.63, 3.8) is 0 Å². The summed E-state index contributed by atoms with van der Waals surface area (Å²) >= 11 is 0. The van der Waals surface area contributed by atoms with Gasteiger partial charge in [0.1, 0.15) is 0 Å². The molecule has 0 spiro atoms. The van der Waals surface area contributed by atoms with E-state index in [2.05, 4.69) is 0 Å². The molecule has 1 aliphatic rings. The fraction of sp³-hybridized carbons (Fsp3) is 0.400. The van der Waals surface area contributed by atoms with Gasteiger partial charge in [0.15, 0.2) is 0 Å². The molecule has 1 fully saturated rings. The summed E-state index contributed by atoms with van der Waals surface area (Å²) < 4.78 is 34.7. The summed E-state index contributed by atoms with van der Waals surface area (Å²) in [7, 11) is 2.04. The van der Waals surface area contributed by atoms with Crippen molar-refractivity contribution in [1.82, 2.24) is 0 Å². The van der Waals surface area contributed by atoms with Crippen LogP contribution in [0, 0.1) is 0 Å². The molecule has 0 aromatic heterocycles. The fourth-order valence-electron chi connectivity index (χ4n) is 2.94. The molecule has 2 aromatic carbocycles. The third-order valence-corrected chi connectivity index (χ3v) is 7.26. The van der Waals surface area contributed by atoms with Crippen LogP contribution in [0.15, 0.2) is 60.7 Å². The van der Waals surface area contributed by atoms with Crippen molar-refractivity contribution in [3.8, 4) is 0 Å². The van der Waals surface area contributed by atoms with Crippen LogP contribution in [0.1, 0.15) is 30.4 Å². The largest absolute Gasteiger partial charge is 0.374 e. The molecule has 0 radical (unpaired) electrons. The van der Waals surface area contributed by atoms with Crippen LogP contribution in [0.3, 0.4) is 0 Å². The second-order valence-corrected chi connectivity index (χ2v) is 9.70. The molecule has 1 saturated carbocycles. The highest BCUT2D eigenvalue weighted by molar-refractivity contribution is 8.15. The maximum atomic E-state index is 11.9. The zero-order valence-electron chi connectivity index (χ0n) is 14.5. The smallest absolute Gasteiger partial charge is 0.238 e. The summed E-state index contributed by atoms with van der Waals surface area (Å²) in [6, 6.07) is 19.7. The van der Waals surface area contributed by atoms with Gasteiger partial charge in [0.25, 0.3) is 0 Å². The number of hydrogen-bond donors (Lipinski definition) is 0. The molecule has 1 unspecified atom stereocenters. The quantitative estimate of drug-likeness (QED) is 0.564. The Bertz CT molecular complexity index is 789. The lowest BCUT2D eigenvalue weighted by molar-refractivity contribution is -0.0344. The number of hydrogen-bond acceptors (Lipinski definition) is 4. The number of benzene rings is 2. The molecule has 26 heavy (non-hydrogen) atoms. The number of ether oxygens (including phenoxy) is 2. The zero-order valence-corrected chi connectivity index (χ0v) is 16.1. The van der Waals surface area contributed by atoms with Crippen molar-refractivity contribution < 1.29 is 17.9 Å². The summed E-state index contributed by atoms with van der Waals surface area (Å²) in [6.45, 7) is 1.21. The van der Waals surface area contributed by atoms with Gasteiger partial charge in [-0.15, -0.1) is 0 Å². The van der Waals surface area contributed by atoms with Crippen molar-refractivity contribution in [1.29, 1.82) is 0 Å². The summed E-state index contributed by atoms with van der Waals surface area (Å²) in [6.07, 6.45) is 1.21. The van der Waals surface area contributed by atoms with E-state index in [1.165, 1.54) is 0 Å². The van der Waals surface area contributed by atoms with Crippen molar-refractivity contribution in [2.24, 2.45) is 0 Å². The Morgan fingerprint density at radius 2 is 1.46 bits per heavy atom.